The van der Waals surface area contributed by atoms with E-state index >= 15 is 0 Å². The van der Waals surface area contributed by atoms with E-state index in [9.17, 15) is 13.2 Å². The second kappa shape index (κ2) is 7.43. The number of H-pyrrole nitrogens is 1. The summed E-state index contributed by atoms with van der Waals surface area (Å²) in [7, 11) is 1.93. The Kier molecular flexibility index (Phi) is 4.97. The zero-order chi connectivity index (χ0) is 19.8. The van der Waals surface area contributed by atoms with Crippen LogP contribution in [0, 0.1) is 24.4 Å². The molecule has 1 aliphatic rings. The Labute approximate surface area is 160 Å². The maximum Gasteiger partial charge on any atom is 0.186 e. The number of hydrogen-bond acceptors (Lipinski definition) is 4. The molecule has 1 fully saturated rings. The second-order valence-electron chi connectivity index (χ2n) is 7.30. The molecule has 3 aromatic rings. The van der Waals surface area contributed by atoms with Gasteiger partial charge in [0.25, 0.3) is 0 Å². The van der Waals surface area contributed by atoms with Crippen LogP contribution in [-0.2, 0) is 0 Å². The van der Waals surface area contributed by atoms with Crippen molar-refractivity contribution in [1.82, 2.24) is 20.3 Å². The highest BCUT2D eigenvalue weighted by Gasteiger charge is 2.23. The van der Waals surface area contributed by atoms with E-state index in [-0.39, 0.29) is 28.9 Å². The van der Waals surface area contributed by atoms with Crippen LogP contribution in [0.15, 0.2) is 18.3 Å². The average molecular weight is 389 g/mol. The maximum absolute atomic E-state index is 14.7. The number of aromatic amines is 1. The van der Waals surface area contributed by atoms with Gasteiger partial charge in [0, 0.05) is 35.3 Å². The maximum atomic E-state index is 14.7. The number of nitrogens with one attached hydrogen (secondary N) is 3. The topological polar surface area (TPSA) is 65.6 Å². The summed E-state index contributed by atoms with van der Waals surface area (Å²) in [5.74, 6) is -1.55. The third kappa shape index (κ3) is 3.44. The second-order valence-corrected chi connectivity index (χ2v) is 7.30. The SMILES string of the molecule is CNC1CCCC(Nc2nc(-c3c[nH]c4c(F)cc(F)cc34)nc(C)c2F)C1. The Bertz CT molecular complexity index is 1020. The molecule has 0 radical (unpaired) electrons. The summed E-state index contributed by atoms with van der Waals surface area (Å²) < 4.78 is 42.4. The Hall–Kier alpha value is -2.61. The number of hydrogen-bond donors (Lipinski definition) is 3. The summed E-state index contributed by atoms with van der Waals surface area (Å²) in [6.07, 6.45) is 5.46. The van der Waals surface area contributed by atoms with E-state index in [1.165, 1.54) is 12.3 Å². The van der Waals surface area contributed by atoms with Crippen LogP contribution in [0.2, 0.25) is 0 Å². The van der Waals surface area contributed by atoms with Gasteiger partial charge in [0.1, 0.15) is 11.6 Å². The first-order valence-electron chi connectivity index (χ1n) is 9.40. The van der Waals surface area contributed by atoms with Crippen molar-refractivity contribution in [3.63, 3.8) is 0 Å². The minimum atomic E-state index is -0.696. The third-order valence-corrected chi connectivity index (χ3v) is 5.39. The molecule has 0 bridgehead atoms. The number of aromatic nitrogens is 3. The smallest absolute Gasteiger partial charge is 0.186 e. The minimum Gasteiger partial charge on any atom is -0.365 e. The van der Waals surface area contributed by atoms with Crippen molar-refractivity contribution in [3.05, 3.63) is 41.5 Å². The molecule has 28 heavy (non-hydrogen) atoms. The Morgan fingerprint density at radius 1 is 1.11 bits per heavy atom. The van der Waals surface area contributed by atoms with E-state index in [1.807, 2.05) is 7.05 Å². The molecule has 1 saturated carbocycles. The van der Waals surface area contributed by atoms with Crippen molar-refractivity contribution in [2.75, 3.05) is 12.4 Å². The quantitative estimate of drug-likeness (QED) is 0.623. The van der Waals surface area contributed by atoms with Crippen LogP contribution in [-0.4, -0.2) is 34.1 Å². The summed E-state index contributed by atoms with van der Waals surface area (Å²) in [4.78, 5) is 11.3. The molecule has 3 N–H and O–H groups in total. The monoisotopic (exact) mass is 389 g/mol. The lowest BCUT2D eigenvalue weighted by molar-refractivity contribution is 0.368. The highest BCUT2D eigenvalue weighted by atomic mass is 19.1. The predicted molar refractivity (Wildman–Crippen MR) is 103 cm³/mol. The van der Waals surface area contributed by atoms with E-state index in [4.69, 9.17) is 0 Å². The minimum absolute atomic E-state index is 0.0979. The molecule has 8 heteroatoms. The van der Waals surface area contributed by atoms with Crippen molar-refractivity contribution in [2.45, 2.75) is 44.7 Å². The normalized spacial score (nSPS) is 19.9. The molecule has 5 nitrogen and oxygen atoms in total. The number of aryl methyl sites for hydroxylation is 1. The van der Waals surface area contributed by atoms with Crippen LogP contribution in [0.25, 0.3) is 22.3 Å². The lowest BCUT2D eigenvalue weighted by atomic mass is 9.91. The van der Waals surface area contributed by atoms with Crippen LogP contribution in [0.5, 0.6) is 0 Å². The van der Waals surface area contributed by atoms with Crippen molar-refractivity contribution >= 4 is 16.7 Å². The largest absolute Gasteiger partial charge is 0.365 e. The first-order valence-corrected chi connectivity index (χ1v) is 9.40. The van der Waals surface area contributed by atoms with E-state index in [2.05, 4.69) is 25.6 Å². The fraction of sp³-hybridized carbons (Fsp3) is 0.400. The molecular weight excluding hydrogens is 367 g/mol. The summed E-state index contributed by atoms with van der Waals surface area (Å²) in [6.45, 7) is 1.55. The van der Waals surface area contributed by atoms with Gasteiger partial charge in [-0.25, -0.2) is 23.1 Å². The van der Waals surface area contributed by atoms with E-state index in [0.29, 0.717) is 17.0 Å². The molecule has 1 aromatic carbocycles. The lowest BCUT2D eigenvalue weighted by Crippen LogP contribution is -2.37. The number of rotatable bonds is 4. The first-order chi connectivity index (χ1) is 13.5. The van der Waals surface area contributed by atoms with Crippen LogP contribution < -0.4 is 10.6 Å². The molecule has 2 heterocycles. The van der Waals surface area contributed by atoms with Gasteiger partial charge in [-0.05, 0) is 45.7 Å². The van der Waals surface area contributed by atoms with E-state index in [0.717, 1.165) is 31.7 Å². The number of nitrogens with zero attached hydrogens (tertiary/aromatic N) is 2. The van der Waals surface area contributed by atoms with Gasteiger partial charge in [-0.3, -0.25) is 0 Å². The Balaban J connectivity index is 1.72. The summed E-state index contributed by atoms with van der Waals surface area (Å²) >= 11 is 0. The molecule has 0 aliphatic heterocycles. The summed E-state index contributed by atoms with van der Waals surface area (Å²) in [5.41, 5.74) is 0.775. The van der Waals surface area contributed by atoms with Gasteiger partial charge >= 0.3 is 0 Å². The molecule has 2 atom stereocenters. The molecule has 2 aromatic heterocycles. The highest BCUT2D eigenvalue weighted by Crippen LogP contribution is 2.31. The zero-order valence-electron chi connectivity index (χ0n) is 15.7. The summed E-state index contributed by atoms with van der Waals surface area (Å²) in [5, 5.41) is 6.79. The van der Waals surface area contributed by atoms with Crippen LogP contribution in [0.3, 0.4) is 0 Å². The average Bonchev–Trinajstić information content (AvgIpc) is 3.09. The van der Waals surface area contributed by atoms with E-state index < -0.39 is 17.5 Å². The van der Waals surface area contributed by atoms with Crippen molar-refractivity contribution in [2.24, 2.45) is 0 Å². The molecule has 148 valence electrons. The van der Waals surface area contributed by atoms with Gasteiger partial charge in [-0.2, -0.15) is 0 Å². The van der Waals surface area contributed by atoms with Gasteiger partial charge in [0.2, 0.25) is 0 Å². The van der Waals surface area contributed by atoms with Gasteiger partial charge in [-0.15, -0.1) is 0 Å². The standard InChI is InChI=1S/C20H22F3N5/c1-10-17(23)20(27-13-5-3-4-12(8-13)24-2)28-19(26-10)15-9-25-18-14(15)6-11(21)7-16(18)22/h6-7,9,12-13,24-25H,3-5,8H2,1-2H3,(H,26,27,28). The number of benzene rings is 1. The zero-order valence-corrected chi connectivity index (χ0v) is 15.7. The van der Waals surface area contributed by atoms with Crippen molar-refractivity contribution in [3.8, 4) is 11.4 Å². The van der Waals surface area contributed by atoms with Gasteiger partial charge in [0.05, 0.1) is 11.2 Å². The van der Waals surface area contributed by atoms with Gasteiger partial charge in [-0.1, -0.05) is 0 Å². The number of halogens is 3. The first kappa shape index (κ1) is 18.7. The Morgan fingerprint density at radius 3 is 2.68 bits per heavy atom. The molecule has 0 amide bonds. The Morgan fingerprint density at radius 2 is 1.89 bits per heavy atom. The van der Waals surface area contributed by atoms with Gasteiger partial charge < -0.3 is 15.6 Å². The molecule has 4 rings (SSSR count). The molecule has 0 saturated heterocycles. The van der Waals surface area contributed by atoms with Crippen molar-refractivity contribution in [1.29, 1.82) is 0 Å². The van der Waals surface area contributed by atoms with E-state index in [1.54, 1.807) is 6.92 Å². The fourth-order valence-electron chi connectivity index (χ4n) is 3.89. The van der Waals surface area contributed by atoms with Crippen molar-refractivity contribution < 1.29 is 13.2 Å². The fourth-order valence-corrected chi connectivity index (χ4v) is 3.89. The molecule has 1 aliphatic carbocycles. The summed E-state index contributed by atoms with van der Waals surface area (Å²) in [6, 6.07) is 2.52. The van der Waals surface area contributed by atoms with Crippen LogP contribution in [0.1, 0.15) is 31.4 Å². The highest BCUT2D eigenvalue weighted by molar-refractivity contribution is 5.94. The van der Waals surface area contributed by atoms with Gasteiger partial charge in [0.15, 0.2) is 17.5 Å². The van der Waals surface area contributed by atoms with Crippen LogP contribution in [0.4, 0.5) is 19.0 Å². The number of fused-ring (bicyclic) bond motifs is 1. The molecule has 0 spiro atoms. The number of anilines is 1. The van der Waals surface area contributed by atoms with Crippen LogP contribution >= 0.6 is 0 Å². The predicted octanol–water partition coefficient (Wildman–Crippen LogP) is 4.29. The molecular formula is C20H22F3N5. The third-order valence-electron chi connectivity index (χ3n) is 5.39. The lowest BCUT2D eigenvalue weighted by Gasteiger charge is -2.30. The molecule has 2 unspecified atom stereocenters.